The van der Waals surface area contributed by atoms with Crippen molar-refractivity contribution in [2.45, 2.75) is 30.7 Å². The minimum atomic E-state index is -5.86. The number of halogens is 6. The highest BCUT2D eigenvalue weighted by Gasteiger charge is 2.73. The zero-order chi connectivity index (χ0) is 25.7. The molecular weight excluding hydrogens is 478 g/mol. The molecule has 3 rings (SSSR count). The molecule has 3 aromatic carbocycles. The number of rotatable bonds is 9. The summed E-state index contributed by atoms with van der Waals surface area (Å²) in [5, 5.41) is 9.66. The van der Waals surface area contributed by atoms with Crippen molar-refractivity contribution in [2.75, 3.05) is 13.7 Å². The first-order valence-corrected chi connectivity index (χ1v) is 10.3. The van der Waals surface area contributed by atoms with Crippen molar-refractivity contribution in [1.29, 1.82) is 0 Å². The minimum absolute atomic E-state index is 0.0838. The molecule has 1 unspecified atom stereocenters. The van der Waals surface area contributed by atoms with Gasteiger partial charge in [-0.05, 0) is 35.4 Å². The van der Waals surface area contributed by atoms with Crippen LogP contribution < -0.4 is 9.47 Å². The van der Waals surface area contributed by atoms with Gasteiger partial charge in [-0.1, -0.05) is 54.6 Å². The second kappa shape index (κ2) is 10.6. The summed E-state index contributed by atoms with van der Waals surface area (Å²) in [7, 11) is 1.37. The van der Waals surface area contributed by atoms with Gasteiger partial charge in [0.25, 0.3) is 5.60 Å². The van der Waals surface area contributed by atoms with Crippen LogP contribution in [-0.4, -0.2) is 31.2 Å². The topological polar surface area (TPSA) is 47.9 Å². The van der Waals surface area contributed by atoms with E-state index < -0.39 is 42.8 Å². The predicted octanol–water partition coefficient (Wildman–Crippen LogP) is 6.34. The smallest absolute Gasteiger partial charge is 0.430 e. The van der Waals surface area contributed by atoms with Gasteiger partial charge in [0.1, 0.15) is 17.6 Å². The lowest BCUT2D eigenvalue weighted by molar-refractivity contribution is -0.392. The molecule has 1 atom stereocenters. The zero-order valence-corrected chi connectivity index (χ0v) is 18.4. The maximum Gasteiger partial charge on any atom is 0.430 e. The van der Waals surface area contributed by atoms with Crippen molar-refractivity contribution >= 4 is 0 Å². The Morgan fingerprint density at radius 1 is 0.771 bits per heavy atom. The largest absolute Gasteiger partial charge is 0.497 e. The second-order valence-electron chi connectivity index (χ2n) is 7.54. The standard InChI is InChI=1S/C25H22F6O4/c1-33-20-12-10-17(11-13-20)16-34-23(24(26,27)28,25(29,30)31)19-8-5-9-21(14-19)35-22(15-32)18-6-3-2-4-7-18/h2-14,22,32H,15-16H2,1H3. The van der Waals surface area contributed by atoms with E-state index in [2.05, 4.69) is 4.74 Å². The van der Waals surface area contributed by atoms with Gasteiger partial charge in [-0.15, -0.1) is 0 Å². The fourth-order valence-electron chi connectivity index (χ4n) is 3.48. The van der Waals surface area contributed by atoms with Crippen LogP contribution in [0.5, 0.6) is 11.5 Å². The Labute approximate surface area is 197 Å². The summed E-state index contributed by atoms with van der Waals surface area (Å²) in [6, 6.07) is 17.2. The molecule has 188 valence electrons. The van der Waals surface area contributed by atoms with Crippen molar-refractivity contribution in [3.05, 3.63) is 95.6 Å². The molecule has 0 aliphatic carbocycles. The molecule has 0 saturated heterocycles. The monoisotopic (exact) mass is 500 g/mol. The van der Waals surface area contributed by atoms with Crippen LogP contribution in [0.2, 0.25) is 0 Å². The van der Waals surface area contributed by atoms with Gasteiger partial charge >= 0.3 is 12.4 Å². The lowest BCUT2D eigenvalue weighted by Crippen LogP contribution is -2.55. The number of ether oxygens (including phenoxy) is 3. The molecular formula is C25H22F6O4. The third-order valence-electron chi connectivity index (χ3n) is 5.27. The van der Waals surface area contributed by atoms with E-state index in [1.807, 2.05) is 0 Å². The first kappa shape index (κ1) is 26.4. The molecule has 0 spiro atoms. The Morgan fingerprint density at radius 2 is 1.40 bits per heavy atom. The minimum Gasteiger partial charge on any atom is -0.497 e. The highest BCUT2D eigenvalue weighted by atomic mass is 19.4. The lowest BCUT2D eigenvalue weighted by atomic mass is 9.91. The van der Waals surface area contributed by atoms with Gasteiger partial charge in [0.2, 0.25) is 0 Å². The summed E-state index contributed by atoms with van der Waals surface area (Å²) in [4.78, 5) is 0. The molecule has 0 aliphatic rings. The van der Waals surface area contributed by atoms with Crippen LogP contribution in [0.1, 0.15) is 22.8 Å². The molecule has 0 aliphatic heterocycles. The first-order chi connectivity index (χ1) is 16.5. The maximum atomic E-state index is 14.2. The summed E-state index contributed by atoms with van der Waals surface area (Å²) in [6.07, 6.45) is -12.7. The number of methoxy groups -OCH3 is 1. The highest BCUT2D eigenvalue weighted by Crippen LogP contribution is 2.53. The summed E-state index contributed by atoms with van der Waals surface area (Å²) in [5.74, 6) is 0.0877. The molecule has 0 radical (unpaired) electrons. The Kier molecular flexibility index (Phi) is 7.97. The van der Waals surface area contributed by atoms with Crippen LogP contribution in [0, 0.1) is 0 Å². The van der Waals surface area contributed by atoms with Crippen LogP contribution in [0.15, 0.2) is 78.9 Å². The number of alkyl halides is 6. The SMILES string of the molecule is COc1ccc(COC(c2cccc(OC(CO)c3ccccc3)c2)(C(F)(F)F)C(F)(F)F)cc1. The Bertz CT molecular complexity index is 1070. The van der Waals surface area contributed by atoms with E-state index in [9.17, 15) is 31.4 Å². The Balaban J connectivity index is 2.00. The van der Waals surface area contributed by atoms with Gasteiger partial charge in [0.05, 0.1) is 20.3 Å². The van der Waals surface area contributed by atoms with Crippen molar-refractivity contribution in [3.8, 4) is 11.5 Å². The normalized spacial score (nSPS) is 13.4. The molecule has 0 aromatic heterocycles. The predicted molar refractivity (Wildman–Crippen MR) is 115 cm³/mol. The van der Waals surface area contributed by atoms with E-state index in [0.717, 1.165) is 6.07 Å². The van der Waals surface area contributed by atoms with Gasteiger partial charge in [-0.3, -0.25) is 0 Å². The third-order valence-corrected chi connectivity index (χ3v) is 5.27. The number of hydrogen-bond acceptors (Lipinski definition) is 4. The number of benzene rings is 3. The molecule has 3 aromatic rings. The van der Waals surface area contributed by atoms with Crippen LogP contribution in [0.25, 0.3) is 0 Å². The number of aliphatic hydroxyl groups excluding tert-OH is 1. The Hall–Kier alpha value is -3.24. The molecule has 10 heteroatoms. The molecule has 4 nitrogen and oxygen atoms in total. The van der Waals surface area contributed by atoms with Crippen LogP contribution in [-0.2, 0) is 16.9 Å². The van der Waals surface area contributed by atoms with Crippen molar-refractivity contribution in [2.24, 2.45) is 0 Å². The van der Waals surface area contributed by atoms with Gasteiger partial charge < -0.3 is 19.3 Å². The average molecular weight is 500 g/mol. The molecule has 0 fully saturated rings. The average Bonchev–Trinajstić information content (AvgIpc) is 2.82. The fraction of sp³-hybridized carbons (Fsp3) is 0.280. The summed E-state index contributed by atoms with van der Waals surface area (Å²) >= 11 is 0. The number of aliphatic hydroxyl groups is 1. The van der Waals surface area contributed by atoms with Crippen molar-refractivity contribution in [1.82, 2.24) is 0 Å². The zero-order valence-electron chi connectivity index (χ0n) is 18.4. The first-order valence-electron chi connectivity index (χ1n) is 10.3. The quantitative estimate of drug-likeness (QED) is 0.348. The van der Waals surface area contributed by atoms with Crippen molar-refractivity contribution in [3.63, 3.8) is 0 Å². The molecule has 0 bridgehead atoms. The molecule has 0 amide bonds. The summed E-state index contributed by atoms with van der Waals surface area (Å²) in [5.41, 5.74) is -5.25. The highest BCUT2D eigenvalue weighted by molar-refractivity contribution is 5.36. The van der Waals surface area contributed by atoms with E-state index in [-0.39, 0.29) is 11.3 Å². The van der Waals surface area contributed by atoms with Crippen molar-refractivity contribution < 1.29 is 45.7 Å². The maximum absolute atomic E-state index is 14.2. The second-order valence-corrected chi connectivity index (χ2v) is 7.54. The van der Waals surface area contributed by atoms with E-state index in [4.69, 9.17) is 9.47 Å². The molecule has 1 N–H and O–H groups in total. The Morgan fingerprint density at radius 3 is 1.94 bits per heavy atom. The van der Waals surface area contributed by atoms with Gasteiger partial charge in [0.15, 0.2) is 0 Å². The molecule has 0 saturated carbocycles. The van der Waals surface area contributed by atoms with E-state index in [0.29, 0.717) is 23.4 Å². The van der Waals surface area contributed by atoms with Gasteiger partial charge in [-0.2, -0.15) is 26.3 Å². The molecule has 0 heterocycles. The van der Waals surface area contributed by atoms with Gasteiger partial charge in [0, 0.05) is 5.56 Å². The fourth-order valence-corrected chi connectivity index (χ4v) is 3.48. The summed E-state index contributed by atoms with van der Waals surface area (Å²) in [6.45, 7) is -1.52. The van der Waals surface area contributed by atoms with E-state index in [1.165, 1.54) is 37.4 Å². The lowest BCUT2D eigenvalue weighted by Gasteiger charge is -2.37. The van der Waals surface area contributed by atoms with E-state index in [1.54, 1.807) is 30.3 Å². The van der Waals surface area contributed by atoms with Crippen LogP contribution >= 0.6 is 0 Å². The van der Waals surface area contributed by atoms with Crippen LogP contribution in [0.3, 0.4) is 0 Å². The summed E-state index contributed by atoms with van der Waals surface area (Å²) < 4.78 is 100. The van der Waals surface area contributed by atoms with Crippen LogP contribution in [0.4, 0.5) is 26.3 Å². The third kappa shape index (κ3) is 5.71. The van der Waals surface area contributed by atoms with E-state index >= 15 is 0 Å². The van der Waals surface area contributed by atoms with Gasteiger partial charge in [-0.25, -0.2) is 0 Å². The molecule has 35 heavy (non-hydrogen) atoms. The number of hydrogen-bond donors (Lipinski definition) is 1.